The topological polar surface area (TPSA) is 12.4 Å². The van der Waals surface area contributed by atoms with Crippen LogP contribution in [0.2, 0.25) is 0 Å². The van der Waals surface area contributed by atoms with Crippen LogP contribution in [0.25, 0.3) is 0 Å². The quantitative estimate of drug-likeness (QED) is 0.428. The summed E-state index contributed by atoms with van der Waals surface area (Å²) in [5, 5.41) is 0. The summed E-state index contributed by atoms with van der Waals surface area (Å²) in [6.45, 7) is 9.56. The van der Waals surface area contributed by atoms with Crippen LogP contribution in [-0.2, 0) is 0 Å². The van der Waals surface area contributed by atoms with Crippen molar-refractivity contribution in [2.75, 3.05) is 0 Å². The fourth-order valence-corrected chi connectivity index (χ4v) is 6.38. The largest absolute Gasteiger partial charge is 0.253 e. The van der Waals surface area contributed by atoms with Gasteiger partial charge >= 0.3 is 0 Å². The molecule has 2 bridgehead atoms. The van der Waals surface area contributed by atoms with E-state index in [-0.39, 0.29) is 0 Å². The van der Waals surface area contributed by atoms with E-state index >= 15 is 0 Å². The van der Waals surface area contributed by atoms with Crippen molar-refractivity contribution in [3.8, 4) is 0 Å². The first-order valence-electron chi connectivity index (χ1n) is 12.9. The van der Waals surface area contributed by atoms with Gasteiger partial charge in [-0.2, -0.15) is 0 Å². The van der Waals surface area contributed by atoms with Gasteiger partial charge in [-0.15, -0.1) is 0 Å². The molecule has 1 saturated carbocycles. The molecule has 1 aliphatic heterocycles. The van der Waals surface area contributed by atoms with Crippen LogP contribution in [0.4, 0.5) is 0 Å². The Morgan fingerprint density at radius 2 is 1.94 bits per heavy atom. The molecule has 1 heteroatoms. The van der Waals surface area contributed by atoms with E-state index in [0.29, 0.717) is 29.1 Å². The Morgan fingerprint density at radius 1 is 1.09 bits per heavy atom. The maximum Gasteiger partial charge on any atom is 0.0700 e. The van der Waals surface area contributed by atoms with Crippen molar-refractivity contribution in [3.05, 3.63) is 82.7 Å². The number of rotatable bonds is 4. The number of hydrogen-bond acceptors (Lipinski definition) is 1. The maximum atomic E-state index is 5.48. The Morgan fingerprint density at radius 3 is 2.59 bits per heavy atom. The summed E-state index contributed by atoms with van der Waals surface area (Å²) >= 11 is 0. The molecule has 0 N–H and O–H groups in total. The SMILES string of the molecule is CCC1=CCC2C=C(C3C=CC=CC3)C(C3=CC=C(C4(C)CCC4)C(C)C3)=NC(=C1)C2C. The van der Waals surface area contributed by atoms with E-state index in [1.165, 1.54) is 47.4 Å². The highest BCUT2D eigenvalue weighted by Crippen LogP contribution is 2.51. The van der Waals surface area contributed by atoms with E-state index < -0.39 is 0 Å². The lowest BCUT2D eigenvalue weighted by molar-refractivity contribution is 0.195. The normalized spacial score (nSPS) is 33.5. The molecule has 0 spiro atoms. The minimum absolute atomic E-state index is 0.438. The summed E-state index contributed by atoms with van der Waals surface area (Å²) in [6.07, 6.45) is 30.0. The van der Waals surface area contributed by atoms with E-state index in [1.807, 2.05) is 0 Å². The maximum absolute atomic E-state index is 5.48. The predicted molar refractivity (Wildman–Crippen MR) is 138 cm³/mol. The van der Waals surface area contributed by atoms with Gasteiger partial charge in [0.1, 0.15) is 0 Å². The van der Waals surface area contributed by atoms with E-state index in [2.05, 4.69) is 82.4 Å². The van der Waals surface area contributed by atoms with Crippen molar-refractivity contribution in [2.24, 2.45) is 34.1 Å². The van der Waals surface area contributed by atoms with E-state index in [9.17, 15) is 0 Å². The molecule has 5 rings (SSSR count). The molecule has 0 saturated heterocycles. The fraction of sp³-hybridized carbons (Fsp3) is 0.516. The van der Waals surface area contributed by atoms with Gasteiger partial charge in [0.15, 0.2) is 0 Å². The smallest absolute Gasteiger partial charge is 0.0700 e. The number of allylic oxidation sites excluding steroid dienone is 14. The van der Waals surface area contributed by atoms with Crippen molar-refractivity contribution in [2.45, 2.75) is 72.6 Å². The average Bonchev–Trinajstić information content (AvgIpc) is 3.02. The van der Waals surface area contributed by atoms with Crippen molar-refractivity contribution < 1.29 is 0 Å². The molecule has 0 aromatic rings. The molecule has 4 atom stereocenters. The van der Waals surface area contributed by atoms with Gasteiger partial charge in [-0.3, -0.25) is 4.99 Å². The molecule has 0 aromatic carbocycles. The van der Waals surface area contributed by atoms with E-state index in [0.717, 1.165) is 25.7 Å². The van der Waals surface area contributed by atoms with Gasteiger partial charge in [0, 0.05) is 17.5 Å². The lowest BCUT2D eigenvalue weighted by Crippen LogP contribution is -2.32. The summed E-state index contributed by atoms with van der Waals surface area (Å²) < 4.78 is 0. The number of nitrogens with zero attached hydrogens (tertiary/aromatic N) is 1. The molecule has 0 aromatic heterocycles. The molecule has 1 heterocycles. The summed E-state index contributed by atoms with van der Waals surface area (Å²) in [7, 11) is 0. The lowest BCUT2D eigenvalue weighted by Gasteiger charge is -2.44. The number of hydrogen-bond donors (Lipinski definition) is 0. The van der Waals surface area contributed by atoms with Crippen LogP contribution in [0.3, 0.4) is 0 Å². The first kappa shape index (κ1) is 21.7. The van der Waals surface area contributed by atoms with Crippen LogP contribution in [-0.4, -0.2) is 5.71 Å². The summed E-state index contributed by atoms with van der Waals surface area (Å²) in [5.41, 5.74) is 9.02. The van der Waals surface area contributed by atoms with Crippen molar-refractivity contribution >= 4 is 5.71 Å². The Labute approximate surface area is 195 Å². The molecular formula is C31H39N. The Bertz CT molecular complexity index is 1010. The Balaban J connectivity index is 1.60. The van der Waals surface area contributed by atoms with Gasteiger partial charge in [-0.25, -0.2) is 0 Å². The summed E-state index contributed by atoms with van der Waals surface area (Å²) in [6, 6.07) is 0. The van der Waals surface area contributed by atoms with E-state index in [1.54, 1.807) is 5.57 Å². The van der Waals surface area contributed by atoms with Gasteiger partial charge in [-0.1, -0.05) is 93.9 Å². The molecule has 0 amide bonds. The van der Waals surface area contributed by atoms with Crippen LogP contribution in [0.1, 0.15) is 72.6 Å². The second-order valence-corrected chi connectivity index (χ2v) is 11.0. The van der Waals surface area contributed by atoms with Gasteiger partial charge in [0.2, 0.25) is 0 Å². The molecule has 0 radical (unpaired) electrons. The van der Waals surface area contributed by atoms with Gasteiger partial charge in [0.05, 0.1) is 5.71 Å². The highest BCUT2D eigenvalue weighted by molar-refractivity contribution is 6.14. The van der Waals surface area contributed by atoms with Crippen molar-refractivity contribution in [1.29, 1.82) is 0 Å². The molecule has 5 aliphatic rings. The van der Waals surface area contributed by atoms with Gasteiger partial charge in [0.25, 0.3) is 0 Å². The minimum Gasteiger partial charge on any atom is -0.253 e. The Kier molecular flexibility index (Phi) is 5.86. The fourth-order valence-electron chi connectivity index (χ4n) is 6.38. The van der Waals surface area contributed by atoms with Gasteiger partial charge in [-0.05, 0) is 73.0 Å². The molecule has 4 aliphatic carbocycles. The molecule has 1 nitrogen and oxygen atoms in total. The monoisotopic (exact) mass is 425 g/mol. The number of aliphatic imine (C=N–C) groups is 1. The summed E-state index contributed by atoms with van der Waals surface area (Å²) in [5.74, 6) is 2.04. The van der Waals surface area contributed by atoms with Crippen LogP contribution in [0.5, 0.6) is 0 Å². The highest BCUT2D eigenvalue weighted by Gasteiger charge is 2.39. The Hall–Kier alpha value is -2.15. The third-order valence-electron chi connectivity index (χ3n) is 8.77. The average molecular weight is 426 g/mol. The standard InChI is InChI=1S/C31H39N/c1-5-23-12-13-25-20-27(24-10-7-6-8-11-24)30(32-29(19-23)22(25)3)26-14-15-28(21(2)18-26)31(4)16-9-17-31/h6-8,10,12,14-15,19-22,24-25H,5,9,11,13,16-18H2,1-4H3. The zero-order valence-corrected chi connectivity index (χ0v) is 20.4. The van der Waals surface area contributed by atoms with E-state index in [4.69, 9.17) is 4.99 Å². The first-order valence-corrected chi connectivity index (χ1v) is 12.9. The highest BCUT2D eigenvalue weighted by atomic mass is 14.8. The zero-order chi connectivity index (χ0) is 22.3. The van der Waals surface area contributed by atoms with Gasteiger partial charge < -0.3 is 0 Å². The molecule has 32 heavy (non-hydrogen) atoms. The van der Waals surface area contributed by atoms with Crippen LogP contribution in [0, 0.1) is 29.1 Å². The van der Waals surface area contributed by atoms with Crippen LogP contribution >= 0.6 is 0 Å². The minimum atomic E-state index is 0.438. The predicted octanol–water partition coefficient (Wildman–Crippen LogP) is 8.46. The van der Waals surface area contributed by atoms with Crippen LogP contribution in [0.15, 0.2) is 87.7 Å². The van der Waals surface area contributed by atoms with Crippen LogP contribution < -0.4 is 0 Å². The third kappa shape index (κ3) is 3.89. The second-order valence-electron chi connectivity index (χ2n) is 11.0. The molecule has 168 valence electrons. The third-order valence-corrected chi connectivity index (χ3v) is 8.77. The first-order chi connectivity index (χ1) is 15.5. The lowest BCUT2D eigenvalue weighted by atomic mass is 9.61. The van der Waals surface area contributed by atoms with Crippen molar-refractivity contribution in [1.82, 2.24) is 0 Å². The summed E-state index contributed by atoms with van der Waals surface area (Å²) in [4.78, 5) is 5.48. The second kappa shape index (κ2) is 8.65. The molecule has 4 unspecified atom stereocenters. The molecule has 1 fully saturated rings. The molecular weight excluding hydrogens is 386 g/mol. The van der Waals surface area contributed by atoms with Crippen molar-refractivity contribution in [3.63, 3.8) is 0 Å². The zero-order valence-electron chi connectivity index (χ0n) is 20.4. The number of fused-ring (bicyclic) bond motifs is 2.